The Morgan fingerprint density at radius 2 is 1.76 bits per heavy atom. The number of primary amides is 1. The Morgan fingerprint density at radius 3 is 2.32 bits per heavy atom. The number of rotatable bonds is 7. The molecule has 0 unspecified atom stereocenters. The fourth-order valence-electron chi connectivity index (χ4n) is 2.20. The van der Waals surface area contributed by atoms with Gasteiger partial charge in [-0.1, -0.05) is 41.9 Å². The summed E-state index contributed by atoms with van der Waals surface area (Å²) in [7, 11) is -4.00. The monoisotopic (exact) mass is 382 g/mol. The Kier molecular flexibility index (Phi) is 5.66. The highest BCUT2D eigenvalue weighted by Crippen LogP contribution is 2.26. The lowest BCUT2D eigenvalue weighted by Gasteiger charge is -2.23. The van der Waals surface area contributed by atoms with Gasteiger partial charge in [-0.05, 0) is 23.8 Å². The van der Waals surface area contributed by atoms with E-state index < -0.39 is 28.4 Å². The van der Waals surface area contributed by atoms with Gasteiger partial charge in [0.05, 0.1) is 17.0 Å². The number of nitrogens with zero attached hydrogens (tertiary/aromatic N) is 1. The maximum Gasteiger partial charge on any atom is 0.335 e. The molecule has 0 aliphatic carbocycles. The molecule has 132 valence electrons. The number of carboxylic acids is 1. The first kappa shape index (κ1) is 18.8. The molecule has 0 radical (unpaired) electrons. The predicted octanol–water partition coefficient (Wildman–Crippen LogP) is 1.86. The van der Waals surface area contributed by atoms with Crippen LogP contribution in [0.5, 0.6) is 0 Å². The van der Waals surface area contributed by atoms with E-state index in [1.807, 2.05) is 0 Å². The topological polar surface area (TPSA) is 118 Å². The second-order valence-electron chi connectivity index (χ2n) is 5.22. The van der Waals surface area contributed by atoms with Crippen LogP contribution in [0.4, 0.5) is 5.69 Å². The van der Waals surface area contributed by atoms with Crippen molar-refractivity contribution in [2.75, 3.05) is 10.8 Å². The Labute approximate surface area is 149 Å². The van der Waals surface area contributed by atoms with Crippen molar-refractivity contribution in [3.63, 3.8) is 0 Å². The molecule has 25 heavy (non-hydrogen) atoms. The quantitative estimate of drug-likeness (QED) is 0.757. The highest BCUT2D eigenvalue weighted by molar-refractivity contribution is 7.92. The minimum absolute atomic E-state index is 0.0271. The number of aromatic carboxylic acids is 1. The molecule has 9 heteroatoms. The summed E-state index contributed by atoms with van der Waals surface area (Å²) in [6, 6.07) is 11.9. The first-order valence-corrected chi connectivity index (χ1v) is 9.04. The number of benzene rings is 2. The average molecular weight is 383 g/mol. The molecule has 0 atom stereocenters. The van der Waals surface area contributed by atoms with Crippen molar-refractivity contribution in [2.24, 2.45) is 5.73 Å². The van der Waals surface area contributed by atoms with Gasteiger partial charge in [-0.15, -0.1) is 0 Å². The lowest BCUT2D eigenvalue weighted by molar-refractivity contribution is -0.116. The van der Waals surface area contributed by atoms with Crippen molar-refractivity contribution < 1.29 is 23.1 Å². The third-order valence-electron chi connectivity index (χ3n) is 3.24. The Hall–Kier alpha value is -2.58. The first-order chi connectivity index (χ1) is 11.7. The van der Waals surface area contributed by atoms with Crippen LogP contribution in [0, 0.1) is 0 Å². The number of carbonyl (C=O) groups excluding carboxylic acids is 1. The SMILES string of the molecule is NC(=O)CN(c1cc(Cl)cc(C(=O)O)c1)S(=O)(=O)Cc1ccccc1. The van der Waals surface area contributed by atoms with Crippen molar-refractivity contribution in [3.8, 4) is 0 Å². The highest BCUT2D eigenvalue weighted by Gasteiger charge is 2.26. The molecule has 2 aromatic carbocycles. The second-order valence-corrected chi connectivity index (χ2v) is 7.55. The number of sulfonamides is 1. The van der Waals surface area contributed by atoms with Crippen LogP contribution in [0.3, 0.4) is 0 Å². The molecule has 0 aromatic heterocycles. The molecule has 1 amide bonds. The average Bonchev–Trinajstić information content (AvgIpc) is 2.52. The van der Waals surface area contributed by atoms with Gasteiger partial charge >= 0.3 is 5.97 Å². The summed E-state index contributed by atoms with van der Waals surface area (Å²) in [5.41, 5.74) is 5.43. The molecule has 0 aliphatic rings. The van der Waals surface area contributed by atoms with Gasteiger partial charge in [0, 0.05) is 5.02 Å². The van der Waals surface area contributed by atoms with E-state index in [4.69, 9.17) is 22.4 Å². The Balaban J connectivity index is 2.49. The molecule has 0 heterocycles. The molecule has 0 fully saturated rings. The van der Waals surface area contributed by atoms with Crippen LogP contribution < -0.4 is 10.0 Å². The second kappa shape index (κ2) is 7.54. The zero-order valence-electron chi connectivity index (χ0n) is 12.9. The van der Waals surface area contributed by atoms with E-state index in [1.54, 1.807) is 30.3 Å². The summed E-state index contributed by atoms with van der Waals surface area (Å²) >= 11 is 5.88. The number of carboxylic acid groups (broad SMARTS) is 1. The van der Waals surface area contributed by atoms with Crippen molar-refractivity contribution in [3.05, 3.63) is 64.7 Å². The smallest absolute Gasteiger partial charge is 0.335 e. The van der Waals surface area contributed by atoms with Gasteiger partial charge in [0.2, 0.25) is 15.9 Å². The molecule has 0 saturated heterocycles. The highest BCUT2D eigenvalue weighted by atomic mass is 35.5. The zero-order valence-corrected chi connectivity index (χ0v) is 14.5. The minimum Gasteiger partial charge on any atom is -0.478 e. The standard InChI is InChI=1S/C16H15ClN2O5S/c17-13-6-12(16(21)22)7-14(8-13)19(9-15(18)20)25(23,24)10-11-4-2-1-3-5-11/h1-8H,9-10H2,(H2,18,20)(H,21,22). The van der Waals surface area contributed by atoms with Crippen molar-refractivity contribution in [2.45, 2.75) is 5.75 Å². The first-order valence-electron chi connectivity index (χ1n) is 7.05. The third kappa shape index (κ3) is 4.94. The van der Waals surface area contributed by atoms with Crippen molar-refractivity contribution in [1.29, 1.82) is 0 Å². The molecule has 2 aromatic rings. The Bertz CT molecular complexity index is 900. The van der Waals surface area contributed by atoms with Gasteiger partial charge in [-0.3, -0.25) is 9.10 Å². The maximum atomic E-state index is 12.8. The molecule has 3 N–H and O–H groups in total. The van der Waals surface area contributed by atoms with E-state index in [1.165, 1.54) is 12.1 Å². The number of nitrogens with two attached hydrogens (primary N) is 1. The van der Waals surface area contributed by atoms with Gasteiger partial charge in [0.25, 0.3) is 0 Å². The van der Waals surface area contributed by atoms with E-state index in [2.05, 4.69) is 0 Å². The van der Waals surface area contributed by atoms with Gasteiger partial charge in [-0.25, -0.2) is 13.2 Å². The van der Waals surface area contributed by atoms with Crippen LogP contribution in [0.2, 0.25) is 5.02 Å². The van der Waals surface area contributed by atoms with Gasteiger partial charge in [-0.2, -0.15) is 0 Å². The van der Waals surface area contributed by atoms with E-state index in [0.29, 0.717) is 5.56 Å². The van der Waals surface area contributed by atoms with E-state index >= 15 is 0 Å². The number of amides is 1. The summed E-state index contributed by atoms with van der Waals surface area (Å²) in [5.74, 6) is -2.53. The van der Waals surface area contributed by atoms with Crippen LogP contribution in [0.25, 0.3) is 0 Å². The molecule has 7 nitrogen and oxygen atoms in total. The zero-order chi connectivity index (χ0) is 18.6. The third-order valence-corrected chi connectivity index (χ3v) is 5.17. The number of hydrogen-bond acceptors (Lipinski definition) is 4. The van der Waals surface area contributed by atoms with E-state index in [-0.39, 0.29) is 22.0 Å². The maximum absolute atomic E-state index is 12.8. The van der Waals surface area contributed by atoms with Gasteiger partial charge < -0.3 is 10.8 Å². The van der Waals surface area contributed by atoms with Crippen molar-refractivity contribution in [1.82, 2.24) is 0 Å². The molecule has 0 spiro atoms. The summed E-state index contributed by atoms with van der Waals surface area (Å²) in [4.78, 5) is 22.5. The molecule has 0 bridgehead atoms. The largest absolute Gasteiger partial charge is 0.478 e. The summed E-state index contributed by atoms with van der Waals surface area (Å²) in [6.45, 7) is -0.630. The normalized spacial score (nSPS) is 11.1. The van der Waals surface area contributed by atoms with Crippen molar-refractivity contribution >= 4 is 39.2 Å². The number of anilines is 1. The number of halogens is 1. The fraction of sp³-hybridized carbons (Fsp3) is 0.125. The number of carbonyl (C=O) groups is 2. The summed E-state index contributed by atoms with van der Waals surface area (Å²) < 4.78 is 26.3. The van der Waals surface area contributed by atoms with Gasteiger partial charge in [0.1, 0.15) is 6.54 Å². The minimum atomic E-state index is -4.00. The molecular formula is C16H15ClN2O5S. The molecule has 2 rings (SSSR count). The molecule has 0 aliphatic heterocycles. The van der Waals surface area contributed by atoms with Crippen LogP contribution in [-0.4, -0.2) is 31.9 Å². The van der Waals surface area contributed by atoms with Crippen LogP contribution in [-0.2, 0) is 20.6 Å². The molecule has 0 saturated carbocycles. The van der Waals surface area contributed by atoms with E-state index in [9.17, 15) is 18.0 Å². The lowest BCUT2D eigenvalue weighted by Crippen LogP contribution is -2.39. The lowest BCUT2D eigenvalue weighted by atomic mass is 10.2. The van der Waals surface area contributed by atoms with Crippen LogP contribution in [0.15, 0.2) is 48.5 Å². The van der Waals surface area contributed by atoms with E-state index in [0.717, 1.165) is 10.4 Å². The van der Waals surface area contributed by atoms with Gasteiger partial charge in [0.15, 0.2) is 0 Å². The fourth-order valence-corrected chi connectivity index (χ4v) is 3.95. The number of hydrogen-bond donors (Lipinski definition) is 2. The van der Waals surface area contributed by atoms with Crippen LogP contribution >= 0.6 is 11.6 Å². The summed E-state index contributed by atoms with van der Waals surface area (Å²) in [6.07, 6.45) is 0. The molecular weight excluding hydrogens is 368 g/mol. The van der Waals surface area contributed by atoms with Crippen LogP contribution in [0.1, 0.15) is 15.9 Å². The summed E-state index contributed by atoms with van der Waals surface area (Å²) in [5, 5.41) is 9.14. The Morgan fingerprint density at radius 1 is 1.12 bits per heavy atom. The predicted molar refractivity (Wildman–Crippen MR) is 94.0 cm³/mol.